The quantitative estimate of drug-likeness (QED) is 0.605. The van der Waals surface area contributed by atoms with E-state index in [-0.39, 0.29) is 16.5 Å². The molecule has 8 nitrogen and oxygen atoms in total. The van der Waals surface area contributed by atoms with Crippen molar-refractivity contribution in [1.82, 2.24) is 5.32 Å². The van der Waals surface area contributed by atoms with E-state index in [9.17, 15) is 28.1 Å². The average molecular weight is 391 g/mol. The molecule has 1 amide bonds. The van der Waals surface area contributed by atoms with E-state index < -0.39 is 53.1 Å². The van der Waals surface area contributed by atoms with Crippen molar-refractivity contribution in [2.45, 2.75) is 18.1 Å². The molecule has 0 bridgehead atoms. The highest BCUT2D eigenvalue weighted by Gasteiger charge is 2.57. The number of hydrogen-bond donors (Lipinski definition) is 2. The zero-order valence-corrected chi connectivity index (χ0v) is 13.7. The van der Waals surface area contributed by atoms with Crippen molar-refractivity contribution in [2.75, 3.05) is 12.4 Å². The molecular formula is C14H12F3N3O5S. The van der Waals surface area contributed by atoms with Crippen LogP contribution in [0.25, 0.3) is 0 Å². The van der Waals surface area contributed by atoms with Gasteiger partial charge in [-0.2, -0.15) is 0 Å². The Morgan fingerprint density at radius 1 is 1.54 bits per heavy atom. The highest BCUT2D eigenvalue weighted by Crippen LogP contribution is 2.50. The summed E-state index contributed by atoms with van der Waals surface area (Å²) >= 11 is 0.887. The first-order chi connectivity index (χ1) is 12.2. The summed E-state index contributed by atoms with van der Waals surface area (Å²) in [6.45, 7) is -0.448. The molecule has 26 heavy (non-hydrogen) atoms. The van der Waals surface area contributed by atoms with Crippen molar-refractivity contribution >= 4 is 28.7 Å². The number of nitrogens with zero attached hydrogens (tertiary/aromatic N) is 2. The van der Waals surface area contributed by atoms with Gasteiger partial charge in [-0.15, -0.1) is 0 Å². The van der Waals surface area contributed by atoms with Crippen LogP contribution in [0, 0.1) is 21.8 Å². The third-order valence-electron chi connectivity index (χ3n) is 4.30. The van der Waals surface area contributed by atoms with Gasteiger partial charge in [0.05, 0.1) is 11.5 Å². The fourth-order valence-corrected chi connectivity index (χ4v) is 4.34. The highest BCUT2D eigenvalue weighted by molar-refractivity contribution is 8.13. The van der Waals surface area contributed by atoms with E-state index in [0.29, 0.717) is 0 Å². The zero-order valence-electron chi connectivity index (χ0n) is 12.9. The number of halogens is 3. The average Bonchev–Trinajstić information content (AvgIpc) is 2.94. The third-order valence-corrected chi connectivity index (χ3v) is 5.29. The van der Waals surface area contributed by atoms with E-state index in [1.807, 2.05) is 5.32 Å². The number of fused-ring (bicyclic) bond motifs is 1. The second kappa shape index (κ2) is 6.76. The monoisotopic (exact) mass is 391 g/mol. The molecule has 0 saturated carbocycles. The van der Waals surface area contributed by atoms with Crippen LogP contribution in [-0.4, -0.2) is 46.2 Å². The molecule has 1 aromatic rings. The van der Waals surface area contributed by atoms with Gasteiger partial charge in [-0.25, -0.2) is 23.0 Å². The Labute approximate surface area is 148 Å². The smallest absolute Gasteiger partial charge is 0.410 e. The lowest BCUT2D eigenvalue weighted by atomic mass is 9.78. The molecule has 0 spiro atoms. The number of thioether (sulfide) groups is 1. The summed E-state index contributed by atoms with van der Waals surface area (Å²) in [5.41, 5.74) is -2.39. The molecule has 0 unspecified atom stereocenters. The number of ether oxygens (including phenoxy) is 1. The van der Waals surface area contributed by atoms with Crippen LogP contribution in [0.3, 0.4) is 0 Å². The Morgan fingerprint density at radius 2 is 2.27 bits per heavy atom. The number of aliphatic imine (C=N–C) groups is 1. The van der Waals surface area contributed by atoms with Crippen molar-refractivity contribution in [2.24, 2.45) is 10.9 Å². The molecule has 2 aliphatic rings. The summed E-state index contributed by atoms with van der Waals surface area (Å²) < 4.78 is 46.3. The SMILES string of the molecule is O=C(O)NC1=N[C@@]2(c3cc([N+](=O)[O-])ccc3F)CO[C@H](C(F)F)[C@H]2CS1. The van der Waals surface area contributed by atoms with Gasteiger partial charge in [0, 0.05) is 29.4 Å². The minimum atomic E-state index is -2.87. The van der Waals surface area contributed by atoms with Crippen molar-refractivity contribution < 1.29 is 32.7 Å². The number of nitro benzene ring substituents is 1. The number of amides is 1. The fraction of sp³-hybridized carbons (Fsp3) is 0.429. The van der Waals surface area contributed by atoms with Crippen LogP contribution in [0.5, 0.6) is 0 Å². The molecule has 140 valence electrons. The number of nitrogens with one attached hydrogen (secondary N) is 1. The summed E-state index contributed by atoms with van der Waals surface area (Å²) in [6, 6.07) is 2.73. The number of non-ortho nitro benzene ring substituents is 1. The topological polar surface area (TPSA) is 114 Å². The van der Waals surface area contributed by atoms with Crippen LogP contribution in [0.4, 0.5) is 23.7 Å². The number of rotatable bonds is 3. The Bertz CT molecular complexity index is 793. The molecule has 2 aliphatic heterocycles. The maximum atomic E-state index is 14.5. The Kier molecular flexibility index (Phi) is 4.80. The summed E-state index contributed by atoms with van der Waals surface area (Å²) in [7, 11) is 0. The van der Waals surface area contributed by atoms with Gasteiger partial charge in [-0.3, -0.25) is 15.4 Å². The number of carboxylic acid groups (broad SMARTS) is 1. The van der Waals surface area contributed by atoms with E-state index in [4.69, 9.17) is 9.84 Å². The largest absolute Gasteiger partial charge is 0.465 e. The van der Waals surface area contributed by atoms with Crippen LogP contribution in [0.2, 0.25) is 0 Å². The van der Waals surface area contributed by atoms with E-state index in [2.05, 4.69) is 4.99 Å². The molecule has 0 aromatic heterocycles. The molecule has 0 aliphatic carbocycles. The predicted octanol–water partition coefficient (Wildman–Crippen LogP) is 2.58. The van der Waals surface area contributed by atoms with Gasteiger partial charge in [-0.05, 0) is 6.07 Å². The third kappa shape index (κ3) is 3.09. The number of alkyl halides is 2. The summed E-state index contributed by atoms with van der Waals surface area (Å²) in [4.78, 5) is 25.3. The lowest BCUT2D eigenvalue weighted by molar-refractivity contribution is -0.385. The molecule has 12 heteroatoms. The minimum Gasteiger partial charge on any atom is -0.465 e. The second-order valence-electron chi connectivity index (χ2n) is 5.72. The summed E-state index contributed by atoms with van der Waals surface area (Å²) in [5.74, 6) is -1.87. The van der Waals surface area contributed by atoms with Gasteiger partial charge < -0.3 is 9.84 Å². The first-order valence-corrected chi connectivity index (χ1v) is 8.30. The van der Waals surface area contributed by atoms with Crippen LogP contribution in [-0.2, 0) is 10.3 Å². The molecule has 1 saturated heterocycles. The maximum absolute atomic E-state index is 14.5. The summed E-state index contributed by atoms with van der Waals surface area (Å²) in [5, 5.41) is 21.8. The van der Waals surface area contributed by atoms with Crippen molar-refractivity contribution in [1.29, 1.82) is 0 Å². The van der Waals surface area contributed by atoms with Crippen molar-refractivity contribution in [3.63, 3.8) is 0 Å². The molecule has 2 N–H and O–H groups in total. The molecule has 1 aromatic carbocycles. The summed E-state index contributed by atoms with van der Waals surface area (Å²) in [6.07, 6.45) is -5.83. The Hall–Kier alpha value is -2.34. The number of nitro groups is 1. The van der Waals surface area contributed by atoms with Crippen LogP contribution < -0.4 is 5.32 Å². The van der Waals surface area contributed by atoms with E-state index in [1.54, 1.807) is 0 Å². The molecule has 0 radical (unpaired) electrons. The first kappa shape index (κ1) is 18.5. The molecular weight excluding hydrogens is 379 g/mol. The normalized spacial score (nSPS) is 27.8. The van der Waals surface area contributed by atoms with Gasteiger partial charge in [-0.1, -0.05) is 11.8 Å². The van der Waals surface area contributed by atoms with Gasteiger partial charge in [0.1, 0.15) is 17.5 Å². The van der Waals surface area contributed by atoms with E-state index in [0.717, 1.165) is 30.0 Å². The fourth-order valence-electron chi connectivity index (χ4n) is 3.15. The van der Waals surface area contributed by atoms with Gasteiger partial charge >= 0.3 is 6.09 Å². The Balaban J connectivity index is 2.15. The number of hydrogen-bond acceptors (Lipinski definition) is 6. The molecule has 3 atom stereocenters. The first-order valence-electron chi connectivity index (χ1n) is 7.31. The molecule has 2 heterocycles. The number of amidine groups is 1. The molecule has 3 rings (SSSR count). The van der Waals surface area contributed by atoms with Crippen LogP contribution >= 0.6 is 11.8 Å². The van der Waals surface area contributed by atoms with Gasteiger partial charge in [0.2, 0.25) is 0 Å². The van der Waals surface area contributed by atoms with Gasteiger partial charge in [0.25, 0.3) is 12.1 Å². The minimum absolute atomic E-state index is 0.0176. The Morgan fingerprint density at radius 3 is 2.88 bits per heavy atom. The van der Waals surface area contributed by atoms with Crippen LogP contribution in [0.15, 0.2) is 23.2 Å². The number of carbonyl (C=O) groups is 1. The lowest BCUT2D eigenvalue weighted by Gasteiger charge is -2.36. The second-order valence-corrected chi connectivity index (χ2v) is 6.73. The standard InChI is InChI=1S/C14H12F3N3O5S/c15-9-2-1-6(20(23)24)3-7(9)14-5-25-10(11(16)17)8(14)4-26-12(19-14)18-13(21)22/h1-3,8,10-11H,4-5H2,(H,18,19)(H,21,22)/t8-,10+,14-/m1/s1. The predicted molar refractivity (Wildman–Crippen MR) is 85.0 cm³/mol. The molecule has 1 fully saturated rings. The van der Waals surface area contributed by atoms with E-state index in [1.165, 1.54) is 0 Å². The zero-order chi connectivity index (χ0) is 19.1. The van der Waals surface area contributed by atoms with Gasteiger partial charge in [0.15, 0.2) is 5.17 Å². The maximum Gasteiger partial charge on any atom is 0.410 e. The lowest BCUT2D eigenvalue weighted by Crippen LogP contribution is -2.45. The van der Waals surface area contributed by atoms with Crippen molar-refractivity contribution in [3.05, 3.63) is 39.7 Å². The van der Waals surface area contributed by atoms with Crippen LogP contribution in [0.1, 0.15) is 5.56 Å². The highest BCUT2D eigenvalue weighted by atomic mass is 32.2. The van der Waals surface area contributed by atoms with Crippen molar-refractivity contribution in [3.8, 4) is 0 Å². The van der Waals surface area contributed by atoms with E-state index >= 15 is 0 Å². The number of benzene rings is 1.